The largest absolute Gasteiger partial charge is 0.383 e. The van der Waals surface area contributed by atoms with Crippen molar-refractivity contribution in [2.45, 2.75) is 6.92 Å². The Kier molecular flexibility index (Phi) is 4.47. The quantitative estimate of drug-likeness (QED) is 0.652. The van der Waals surface area contributed by atoms with Crippen LogP contribution in [0.15, 0.2) is 24.3 Å². The highest BCUT2D eigenvalue weighted by Crippen LogP contribution is 2.11. The Balaban J connectivity index is 2.26. The first-order valence-electron chi connectivity index (χ1n) is 4.99. The van der Waals surface area contributed by atoms with Crippen LogP contribution in [0, 0.1) is 6.92 Å². The van der Waals surface area contributed by atoms with Crippen LogP contribution in [0.2, 0.25) is 0 Å². The van der Waals surface area contributed by atoms with Gasteiger partial charge in [-0.2, -0.15) is 0 Å². The third-order valence-corrected chi connectivity index (χ3v) is 2.10. The van der Waals surface area contributed by atoms with Gasteiger partial charge in [0.1, 0.15) is 0 Å². The van der Waals surface area contributed by atoms with E-state index in [0.29, 0.717) is 6.54 Å². The zero-order valence-electron chi connectivity index (χ0n) is 9.13. The molecule has 0 aliphatic rings. The SMILES string of the molecule is CNC(=O)NCCNc1ccccc1C. The summed E-state index contributed by atoms with van der Waals surface area (Å²) in [5, 5.41) is 8.46. The minimum atomic E-state index is -0.151. The molecule has 0 bridgehead atoms. The maximum atomic E-state index is 10.8. The lowest BCUT2D eigenvalue weighted by Crippen LogP contribution is -2.35. The fraction of sp³-hybridized carbons (Fsp3) is 0.364. The zero-order valence-corrected chi connectivity index (χ0v) is 9.13. The van der Waals surface area contributed by atoms with Gasteiger partial charge in [-0.15, -0.1) is 0 Å². The fourth-order valence-electron chi connectivity index (χ4n) is 1.23. The molecule has 1 rings (SSSR count). The molecule has 0 aliphatic heterocycles. The highest BCUT2D eigenvalue weighted by Gasteiger charge is 1.96. The standard InChI is InChI=1S/C11H17N3O/c1-9-5-3-4-6-10(9)13-7-8-14-11(15)12-2/h3-6,13H,7-8H2,1-2H3,(H2,12,14,15). The summed E-state index contributed by atoms with van der Waals surface area (Å²) in [5.74, 6) is 0. The van der Waals surface area contributed by atoms with Gasteiger partial charge in [-0.1, -0.05) is 18.2 Å². The van der Waals surface area contributed by atoms with Crippen LogP contribution in [0.1, 0.15) is 5.56 Å². The summed E-state index contributed by atoms with van der Waals surface area (Å²) in [4.78, 5) is 10.8. The van der Waals surface area contributed by atoms with Gasteiger partial charge < -0.3 is 16.0 Å². The Labute approximate surface area is 90.1 Å². The highest BCUT2D eigenvalue weighted by atomic mass is 16.2. The van der Waals surface area contributed by atoms with Crippen LogP contribution in [-0.2, 0) is 0 Å². The number of hydrogen-bond donors (Lipinski definition) is 3. The molecule has 4 nitrogen and oxygen atoms in total. The second kappa shape index (κ2) is 5.90. The van der Waals surface area contributed by atoms with Crippen LogP contribution < -0.4 is 16.0 Å². The van der Waals surface area contributed by atoms with E-state index in [4.69, 9.17) is 0 Å². The Morgan fingerprint density at radius 1 is 1.27 bits per heavy atom. The van der Waals surface area contributed by atoms with Crippen LogP contribution in [0.4, 0.5) is 10.5 Å². The number of carbonyl (C=O) groups excluding carboxylic acids is 1. The molecule has 1 aromatic rings. The zero-order chi connectivity index (χ0) is 11.1. The van der Waals surface area contributed by atoms with Gasteiger partial charge in [0, 0.05) is 25.8 Å². The second-order valence-corrected chi connectivity index (χ2v) is 3.25. The topological polar surface area (TPSA) is 53.2 Å². The first-order valence-corrected chi connectivity index (χ1v) is 4.99. The van der Waals surface area contributed by atoms with Crippen molar-refractivity contribution >= 4 is 11.7 Å². The molecular formula is C11H17N3O. The molecule has 0 heterocycles. The predicted molar refractivity (Wildman–Crippen MR) is 62.1 cm³/mol. The normalized spacial score (nSPS) is 9.47. The molecule has 1 aromatic carbocycles. The molecule has 2 amide bonds. The van der Waals surface area contributed by atoms with E-state index in [2.05, 4.69) is 28.9 Å². The smallest absolute Gasteiger partial charge is 0.314 e. The third kappa shape index (κ3) is 3.89. The van der Waals surface area contributed by atoms with Crippen molar-refractivity contribution in [1.82, 2.24) is 10.6 Å². The molecule has 4 heteroatoms. The van der Waals surface area contributed by atoms with Crippen molar-refractivity contribution in [3.8, 4) is 0 Å². The van der Waals surface area contributed by atoms with Gasteiger partial charge in [0.25, 0.3) is 0 Å². The first-order chi connectivity index (χ1) is 7.24. The van der Waals surface area contributed by atoms with Crippen molar-refractivity contribution in [2.24, 2.45) is 0 Å². The molecule has 0 aromatic heterocycles. The van der Waals surface area contributed by atoms with E-state index in [1.165, 1.54) is 5.56 Å². The number of nitrogens with one attached hydrogen (secondary N) is 3. The van der Waals surface area contributed by atoms with Crippen molar-refractivity contribution in [3.05, 3.63) is 29.8 Å². The summed E-state index contributed by atoms with van der Waals surface area (Å²) in [5.41, 5.74) is 2.31. The molecule has 0 unspecified atom stereocenters. The highest BCUT2D eigenvalue weighted by molar-refractivity contribution is 5.73. The maximum absolute atomic E-state index is 10.8. The van der Waals surface area contributed by atoms with Crippen LogP contribution in [0.3, 0.4) is 0 Å². The van der Waals surface area contributed by atoms with Crippen molar-refractivity contribution in [2.75, 3.05) is 25.5 Å². The number of rotatable bonds is 4. The van der Waals surface area contributed by atoms with E-state index in [1.807, 2.05) is 18.2 Å². The van der Waals surface area contributed by atoms with E-state index in [-0.39, 0.29) is 6.03 Å². The second-order valence-electron chi connectivity index (χ2n) is 3.25. The number of aryl methyl sites for hydroxylation is 1. The molecule has 3 N–H and O–H groups in total. The summed E-state index contributed by atoms with van der Waals surface area (Å²) in [6.07, 6.45) is 0. The lowest BCUT2D eigenvalue weighted by atomic mass is 10.2. The molecule has 0 saturated heterocycles. The van der Waals surface area contributed by atoms with Crippen LogP contribution in [-0.4, -0.2) is 26.2 Å². The van der Waals surface area contributed by atoms with E-state index >= 15 is 0 Å². The number of carbonyl (C=O) groups is 1. The molecule has 82 valence electrons. The van der Waals surface area contributed by atoms with E-state index in [0.717, 1.165) is 12.2 Å². The maximum Gasteiger partial charge on any atom is 0.314 e. The van der Waals surface area contributed by atoms with E-state index in [9.17, 15) is 4.79 Å². The molecule has 0 radical (unpaired) electrons. The number of hydrogen-bond acceptors (Lipinski definition) is 2. The number of benzene rings is 1. The van der Waals surface area contributed by atoms with Gasteiger partial charge in [0.15, 0.2) is 0 Å². The monoisotopic (exact) mass is 207 g/mol. The van der Waals surface area contributed by atoms with Gasteiger partial charge in [-0.25, -0.2) is 4.79 Å². The first kappa shape index (κ1) is 11.4. The van der Waals surface area contributed by atoms with Crippen LogP contribution >= 0.6 is 0 Å². The number of anilines is 1. The van der Waals surface area contributed by atoms with Crippen molar-refractivity contribution in [3.63, 3.8) is 0 Å². The molecule has 0 fully saturated rings. The van der Waals surface area contributed by atoms with Gasteiger partial charge in [-0.3, -0.25) is 0 Å². The molecule has 0 atom stereocenters. The number of amides is 2. The summed E-state index contributed by atoms with van der Waals surface area (Å²) >= 11 is 0. The van der Waals surface area contributed by atoms with Crippen LogP contribution in [0.5, 0.6) is 0 Å². The van der Waals surface area contributed by atoms with E-state index < -0.39 is 0 Å². The summed E-state index contributed by atoms with van der Waals surface area (Å²) in [7, 11) is 1.60. The Morgan fingerprint density at radius 2 is 2.00 bits per heavy atom. The summed E-state index contributed by atoms with van der Waals surface area (Å²) < 4.78 is 0. The summed E-state index contributed by atoms with van der Waals surface area (Å²) in [6.45, 7) is 3.38. The van der Waals surface area contributed by atoms with Gasteiger partial charge in [-0.05, 0) is 18.6 Å². The molecule has 0 spiro atoms. The van der Waals surface area contributed by atoms with Gasteiger partial charge in [0.2, 0.25) is 0 Å². The lowest BCUT2D eigenvalue weighted by molar-refractivity contribution is 0.243. The fourth-order valence-corrected chi connectivity index (χ4v) is 1.23. The number of urea groups is 1. The lowest BCUT2D eigenvalue weighted by Gasteiger charge is -2.09. The molecule has 0 saturated carbocycles. The number of para-hydroxylation sites is 1. The van der Waals surface area contributed by atoms with Crippen molar-refractivity contribution in [1.29, 1.82) is 0 Å². The average Bonchev–Trinajstić information content (AvgIpc) is 2.26. The Morgan fingerprint density at radius 3 is 2.67 bits per heavy atom. The third-order valence-electron chi connectivity index (χ3n) is 2.10. The predicted octanol–water partition coefficient (Wildman–Crippen LogP) is 1.34. The van der Waals surface area contributed by atoms with E-state index in [1.54, 1.807) is 7.05 Å². The van der Waals surface area contributed by atoms with Gasteiger partial charge in [0.05, 0.1) is 0 Å². The minimum Gasteiger partial charge on any atom is -0.383 e. The molecule has 15 heavy (non-hydrogen) atoms. The summed E-state index contributed by atoms with van der Waals surface area (Å²) in [6, 6.07) is 7.91. The molecule has 0 aliphatic carbocycles. The van der Waals surface area contributed by atoms with Crippen molar-refractivity contribution < 1.29 is 4.79 Å². The molecular weight excluding hydrogens is 190 g/mol. The Bertz CT molecular complexity index is 325. The van der Waals surface area contributed by atoms with Gasteiger partial charge >= 0.3 is 6.03 Å². The average molecular weight is 207 g/mol. The van der Waals surface area contributed by atoms with Crippen LogP contribution in [0.25, 0.3) is 0 Å². The Hall–Kier alpha value is -1.71. The minimum absolute atomic E-state index is 0.151.